The van der Waals surface area contributed by atoms with Gasteiger partial charge in [-0.2, -0.15) is 0 Å². The number of benzene rings is 1. The average Bonchev–Trinajstić information content (AvgIpc) is 1.96. The molecule has 0 fully saturated rings. The van der Waals surface area contributed by atoms with Crippen molar-refractivity contribution in [3.63, 3.8) is 0 Å². The number of rotatable bonds is 2. The van der Waals surface area contributed by atoms with Crippen molar-refractivity contribution in [3.8, 4) is 5.75 Å². The molecule has 1 aromatic carbocycles. The molecule has 78 valence electrons. The molecule has 1 rings (SSSR count). The van der Waals surface area contributed by atoms with Crippen molar-refractivity contribution in [3.05, 3.63) is 28.0 Å². The van der Waals surface area contributed by atoms with Crippen molar-refractivity contribution in [2.45, 2.75) is 25.8 Å². The van der Waals surface area contributed by atoms with E-state index in [1.165, 1.54) is 6.07 Å². The fraction of sp³-hybridized carbons (Fsp3) is 0.400. The van der Waals surface area contributed by atoms with Gasteiger partial charge in [-0.25, -0.2) is 4.39 Å². The molecule has 0 aliphatic carbocycles. The summed E-state index contributed by atoms with van der Waals surface area (Å²) < 4.78 is 13.7. The highest BCUT2D eigenvalue weighted by atomic mass is 79.9. The van der Waals surface area contributed by atoms with Gasteiger partial charge in [0.1, 0.15) is 0 Å². The molecular weight excluding hydrogens is 249 g/mol. The zero-order chi connectivity index (χ0) is 10.9. The van der Waals surface area contributed by atoms with Crippen LogP contribution in [-0.2, 0) is 6.42 Å². The minimum Gasteiger partial charge on any atom is -0.505 e. The predicted octanol–water partition coefficient (Wildman–Crippen LogP) is 2.57. The van der Waals surface area contributed by atoms with Crippen molar-refractivity contribution < 1.29 is 9.50 Å². The maximum absolute atomic E-state index is 13.1. The summed E-state index contributed by atoms with van der Waals surface area (Å²) in [5, 5.41) is 9.43. The first-order valence-electron chi connectivity index (χ1n) is 4.25. The van der Waals surface area contributed by atoms with Gasteiger partial charge in [-0.3, -0.25) is 0 Å². The molecule has 0 heterocycles. The molecule has 0 bridgehead atoms. The largest absolute Gasteiger partial charge is 0.505 e. The number of phenolic OH excluding ortho intramolecular Hbond substituents is 1. The van der Waals surface area contributed by atoms with E-state index < -0.39 is 11.4 Å². The SMILES string of the molecule is CC(C)(N)Cc1cc(Br)cc(F)c1O. The van der Waals surface area contributed by atoms with Gasteiger partial charge in [0.05, 0.1) is 0 Å². The number of halogens is 2. The second kappa shape index (κ2) is 3.87. The quantitative estimate of drug-likeness (QED) is 0.860. The van der Waals surface area contributed by atoms with E-state index in [-0.39, 0.29) is 5.75 Å². The molecule has 0 saturated carbocycles. The maximum atomic E-state index is 13.1. The van der Waals surface area contributed by atoms with Crippen LogP contribution in [0.5, 0.6) is 5.75 Å². The van der Waals surface area contributed by atoms with Crippen LogP contribution in [0, 0.1) is 5.82 Å². The Bertz CT molecular complexity index is 347. The molecule has 0 spiro atoms. The van der Waals surface area contributed by atoms with Crippen LogP contribution >= 0.6 is 15.9 Å². The Morgan fingerprint density at radius 2 is 2.07 bits per heavy atom. The van der Waals surface area contributed by atoms with Crippen LogP contribution in [-0.4, -0.2) is 10.6 Å². The topological polar surface area (TPSA) is 46.2 Å². The fourth-order valence-electron chi connectivity index (χ4n) is 1.24. The third-order valence-electron chi connectivity index (χ3n) is 1.75. The van der Waals surface area contributed by atoms with Gasteiger partial charge in [0.15, 0.2) is 11.6 Å². The Kier molecular flexibility index (Phi) is 3.17. The van der Waals surface area contributed by atoms with E-state index in [4.69, 9.17) is 5.73 Å². The molecule has 0 unspecified atom stereocenters. The lowest BCUT2D eigenvalue weighted by Crippen LogP contribution is -2.34. The summed E-state index contributed by atoms with van der Waals surface area (Å²) in [6.45, 7) is 3.65. The third kappa shape index (κ3) is 2.96. The predicted molar refractivity (Wildman–Crippen MR) is 57.7 cm³/mol. The first kappa shape index (κ1) is 11.5. The van der Waals surface area contributed by atoms with Gasteiger partial charge < -0.3 is 10.8 Å². The lowest BCUT2D eigenvalue weighted by atomic mass is 9.95. The van der Waals surface area contributed by atoms with Crippen LogP contribution in [0.15, 0.2) is 16.6 Å². The molecule has 0 amide bonds. The zero-order valence-corrected chi connectivity index (χ0v) is 9.73. The van der Waals surface area contributed by atoms with Gasteiger partial charge in [-0.15, -0.1) is 0 Å². The van der Waals surface area contributed by atoms with E-state index in [1.54, 1.807) is 6.07 Å². The van der Waals surface area contributed by atoms with E-state index in [2.05, 4.69) is 15.9 Å². The van der Waals surface area contributed by atoms with Crippen LogP contribution in [0.3, 0.4) is 0 Å². The average molecular weight is 262 g/mol. The summed E-state index contributed by atoms with van der Waals surface area (Å²) >= 11 is 3.16. The Hall–Kier alpha value is -0.610. The van der Waals surface area contributed by atoms with Gasteiger partial charge >= 0.3 is 0 Å². The van der Waals surface area contributed by atoms with E-state index in [0.717, 1.165) is 0 Å². The summed E-state index contributed by atoms with van der Waals surface area (Å²) in [6, 6.07) is 2.90. The number of aromatic hydroxyl groups is 1. The zero-order valence-electron chi connectivity index (χ0n) is 8.14. The molecule has 0 atom stereocenters. The van der Waals surface area contributed by atoms with E-state index in [0.29, 0.717) is 16.5 Å². The van der Waals surface area contributed by atoms with Gasteiger partial charge in [0, 0.05) is 10.0 Å². The van der Waals surface area contributed by atoms with Crippen LogP contribution in [0.1, 0.15) is 19.4 Å². The standard InChI is InChI=1S/C10H13BrFNO/c1-10(2,13)5-6-3-7(11)4-8(12)9(6)14/h3-4,14H,5,13H2,1-2H3. The molecule has 4 heteroatoms. The van der Waals surface area contributed by atoms with Gasteiger partial charge in [0.2, 0.25) is 0 Å². The Labute approximate surface area is 91.1 Å². The minimum atomic E-state index is -0.626. The lowest BCUT2D eigenvalue weighted by Gasteiger charge is -2.19. The Morgan fingerprint density at radius 1 is 1.50 bits per heavy atom. The second-order valence-electron chi connectivity index (χ2n) is 4.06. The minimum absolute atomic E-state index is 0.313. The first-order valence-corrected chi connectivity index (χ1v) is 5.05. The van der Waals surface area contributed by atoms with E-state index in [1.807, 2.05) is 13.8 Å². The smallest absolute Gasteiger partial charge is 0.166 e. The number of hydrogen-bond donors (Lipinski definition) is 2. The molecule has 2 nitrogen and oxygen atoms in total. The molecule has 1 aromatic rings. The second-order valence-corrected chi connectivity index (χ2v) is 4.98. The van der Waals surface area contributed by atoms with Gasteiger partial charge in [-0.05, 0) is 38.0 Å². The highest BCUT2D eigenvalue weighted by Crippen LogP contribution is 2.28. The number of nitrogens with two attached hydrogens (primary N) is 1. The number of phenols is 1. The maximum Gasteiger partial charge on any atom is 0.166 e. The molecular formula is C10H13BrFNO. The lowest BCUT2D eigenvalue weighted by molar-refractivity contribution is 0.415. The summed E-state index contributed by atoms with van der Waals surface area (Å²) in [5.74, 6) is -0.939. The molecule has 3 N–H and O–H groups in total. The van der Waals surface area contributed by atoms with E-state index >= 15 is 0 Å². The summed E-state index contributed by atoms with van der Waals surface area (Å²) in [4.78, 5) is 0. The molecule has 0 radical (unpaired) electrons. The highest BCUT2D eigenvalue weighted by Gasteiger charge is 2.17. The number of hydrogen-bond acceptors (Lipinski definition) is 2. The first-order chi connectivity index (χ1) is 6.29. The monoisotopic (exact) mass is 261 g/mol. The van der Waals surface area contributed by atoms with Crippen molar-refractivity contribution >= 4 is 15.9 Å². The highest BCUT2D eigenvalue weighted by molar-refractivity contribution is 9.10. The Balaban J connectivity index is 3.09. The molecule has 0 saturated heterocycles. The van der Waals surface area contributed by atoms with Gasteiger partial charge in [-0.1, -0.05) is 15.9 Å². The third-order valence-corrected chi connectivity index (χ3v) is 2.21. The molecule has 14 heavy (non-hydrogen) atoms. The van der Waals surface area contributed by atoms with Crippen molar-refractivity contribution in [2.75, 3.05) is 0 Å². The van der Waals surface area contributed by atoms with Crippen molar-refractivity contribution in [1.82, 2.24) is 0 Å². The normalized spacial score (nSPS) is 11.8. The molecule has 0 aromatic heterocycles. The molecule has 0 aliphatic rings. The summed E-state index contributed by atoms with van der Waals surface area (Å²) in [7, 11) is 0. The van der Waals surface area contributed by atoms with Crippen LogP contribution in [0.25, 0.3) is 0 Å². The van der Waals surface area contributed by atoms with Crippen LogP contribution in [0.2, 0.25) is 0 Å². The summed E-state index contributed by atoms with van der Waals surface area (Å²) in [6.07, 6.45) is 0.426. The van der Waals surface area contributed by atoms with Crippen LogP contribution in [0.4, 0.5) is 4.39 Å². The van der Waals surface area contributed by atoms with E-state index in [9.17, 15) is 9.50 Å². The van der Waals surface area contributed by atoms with Gasteiger partial charge in [0.25, 0.3) is 0 Å². The fourth-order valence-corrected chi connectivity index (χ4v) is 1.72. The summed E-state index contributed by atoms with van der Waals surface area (Å²) in [5.41, 5.74) is 5.84. The molecule has 0 aliphatic heterocycles. The van der Waals surface area contributed by atoms with Crippen molar-refractivity contribution in [1.29, 1.82) is 0 Å². The Morgan fingerprint density at radius 3 is 2.57 bits per heavy atom. The van der Waals surface area contributed by atoms with Crippen LogP contribution < -0.4 is 5.73 Å². The van der Waals surface area contributed by atoms with Crippen molar-refractivity contribution in [2.24, 2.45) is 5.73 Å².